The number of carbonyl (C=O) groups is 1. The zero-order valence-corrected chi connectivity index (χ0v) is 17.9. The second-order valence-electron chi connectivity index (χ2n) is 7.05. The molecule has 1 atom stereocenters. The Morgan fingerprint density at radius 1 is 1.14 bits per heavy atom. The molecular weight excluding hydrogens is 412 g/mol. The zero-order chi connectivity index (χ0) is 20.9. The van der Waals surface area contributed by atoms with Gasteiger partial charge in [-0.25, -0.2) is 8.42 Å². The van der Waals surface area contributed by atoms with Gasteiger partial charge < -0.3 is 9.64 Å². The van der Waals surface area contributed by atoms with Gasteiger partial charge in [0, 0.05) is 13.1 Å². The average Bonchev–Trinajstić information content (AvgIpc) is 2.74. The van der Waals surface area contributed by atoms with Crippen molar-refractivity contribution in [3.8, 4) is 5.75 Å². The maximum absolute atomic E-state index is 13.1. The van der Waals surface area contributed by atoms with Crippen LogP contribution in [-0.2, 0) is 21.2 Å². The molecule has 1 aliphatic heterocycles. The van der Waals surface area contributed by atoms with Crippen LogP contribution in [0.5, 0.6) is 5.75 Å². The van der Waals surface area contributed by atoms with Crippen molar-refractivity contribution in [2.45, 2.75) is 36.6 Å². The first kappa shape index (κ1) is 21.6. The van der Waals surface area contributed by atoms with Gasteiger partial charge in [0.15, 0.2) is 0 Å². The van der Waals surface area contributed by atoms with Gasteiger partial charge in [-0.05, 0) is 49.4 Å². The summed E-state index contributed by atoms with van der Waals surface area (Å²) in [5, 5.41) is 0.192. The number of ether oxygens (including phenoxy) is 1. The van der Waals surface area contributed by atoms with Gasteiger partial charge in [0.25, 0.3) is 0 Å². The van der Waals surface area contributed by atoms with E-state index in [0.717, 1.165) is 24.8 Å². The predicted molar refractivity (Wildman–Crippen MR) is 113 cm³/mol. The first-order chi connectivity index (χ1) is 13.9. The lowest BCUT2D eigenvalue weighted by Crippen LogP contribution is -2.50. The molecule has 0 radical (unpaired) electrons. The van der Waals surface area contributed by atoms with E-state index in [1.54, 1.807) is 4.90 Å². The number of benzene rings is 2. The largest absolute Gasteiger partial charge is 0.495 e. The number of sulfonamides is 1. The summed E-state index contributed by atoms with van der Waals surface area (Å²) < 4.78 is 33.7. The molecule has 1 saturated heterocycles. The Balaban J connectivity index is 1.86. The van der Waals surface area contributed by atoms with Gasteiger partial charge in [-0.1, -0.05) is 41.9 Å². The summed E-state index contributed by atoms with van der Waals surface area (Å²) in [6, 6.07) is 12.7. The Morgan fingerprint density at radius 2 is 1.83 bits per heavy atom. The molecule has 3 rings (SSSR count). The Morgan fingerprint density at radius 3 is 2.45 bits per heavy atom. The summed E-state index contributed by atoms with van der Waals surface area (Å²) in [5.41, 5.74) is 0.887. The molecule has 1 heterocycles. The highest BCUT2D eigenvalue weighted by molar-refractivity contribution is 7.89. The molecule has 29 heavy (non-hydrogen) atoms. The minimum atomic E-state index is -3.95. The highest BCUT2D eigenvalue weighted by Gasteiger charge is 2.30. The number of piperidine rings is 1. The van der Waals surface area contributed by atoms with E-state index in [2.05, 4.69) is 4.72 Å². The van der Waals surface area contributed by atoms with Crippen molar-refractivity contribution < 1.29 is 17.9 Å². The summed E-state index contributed by atoms with van der Waals surface area (Å²) in [6.45, 7) is 1.31. The molecule has 0 aliphatic carbocycles. The monoisotopic (exact) mass is 436 g/mol. The first-order valence-corrected chi connectivity index (χ1v) is 11.5. The number of carbonyl (C=O) groups excluding carboxylic acids is 1. The molecule has 6 nitrogen and oxygen atoms in total. The fourth-order valence-corrected chi connectivity index (χ4v) is 4.97. The minimum Gasteiger partial charge on any atom is -0.495 e. The number of rotatable bonds is 7. The predicted octanol–water partition coefficient (Wildman–Crippen LogP) is 3.25. The van der Waals surface area contributed by atoms with Gasteiger partial charge in [-0.2, -0.15) is 4.72 Å². The number of halogens is 1. The molecule has 0 bridgehead atoms. The molecule has 1 unspecified atom stereocenters. The first-order valence-electron chi connectivity index (χ1n) is 9.59. The second-order valence-corrected chi connectivity index (χ2v) is 9.17. The molecule has 1 fully saturated rings. The number of nitrogens with zero attached hydrogens (tertiary/aromatic N) is 1. The number of amides is 1. The van der Waals surface area contributed by atoms with Gasteiger partial charge in [-0.3, -0.25) is 4.79 Å². The van der Waals surface area contributed by atoms with Crippen LogP contribution in [0.3, 0.4) is 0 Å². The van der Waals surface area contributed by atoms with Gasteiger partial charge in [0.1, 0.15) is 11.8 Å². The van der Waals surface area contributed by atoms with Crippen molar-refractivity contribution in [1.82, 2.24) is 9.62 Å². The van der Waals surface area contributed by atoms with E-state index in [9.17, 15) is 13.2 Å². The molecule has 0 aromatic heterocycles. The van der Waals surface area contributed by atoms with Crippen LogP contribution >= 0.6 is 11.6 Å². The molecule has 1 N–H and O–H groups in total. The third-order valence-corrected chi connectivity index (χ3v) is 6.74. The lowest BCUT2D eigenvalue weighted by Gasteiger charge is -2.30. The van der Waals surface area contributed by atoms with Crippen molar-refractivity contribution >= 4 is 27.5 Å². The highest BCUT2D eigenvalue weighted by Crippen LogP contribution is 2.27. The minimum absolute atomic E-state index is 0.00666. The lowest BCUT2D eigenvalue weighted by atomic mass is 10.0. The van der Waals surface area contributed by atoms with Gasteiger partial charge in [0.2, 0.25) is 15.9 Å². The number of hydrogen-bond acceptors (Lipinski definition) is 4. The van der Waals surface area contributed by atoms with Gasteiger partial charge in [0.05, 0.1) is 17.0 Å². The quantitative estimate of drug-likeness (QED) is 0.722. The van der Waals surface area contributed by atoms with E-state index >= 15 is 0 Å². The number of likely N-dealkylation sites (tertiary alicyclic amines) is 1. The van der Waals surface area contributed by atoms with E-state index < -0.39 is 16.1 Å². The normalized spacial score (nSPS) is 15.7. The van der Waals surface area contributed by atoms with Crippen molar-refractivity contribution in [2.75, 3.05) is 20.2 Å². The molecule has 0 spiro atoms. The van der Waals surface area contributed by atoms with Crippen LogP contribution in [0.2, 0.25) is 5.02 Å². The molecule has 1 aliphatic rings. The third-order valence-electron chi connectivity index (χ3n) is 4.98. The lowest BCUT2D eigenvalue weighted by molar-refractivity contribution is -0.133. The van der Waals surface area contributed by atoms with E-state index in [-0.39, 0.29) is 22.2 Å². The van der Waals surface area contributed by atoms with Crippen LogP contribution in [0.4, 0.5) is 0 Å². The van der Waals surface area contributed by atoms with E-state index in [0.29, 0.717) is 18.8 Å². The molecule has 0 saturated carbocycles. The molecule has 2 aromatic rings. The van der Waals surface area contributed by atoms with Crippen molar-refractivity contribution in [1.29, 1.82) is 0 Å². The fraction of sp³-hybridized carbons (Fsp3) is 0.381. The van der Waals surface area contributed by atoms with Crippen molar-refractivity contribution in [3.63, 3.8) is 0 Å². The van der Waals surface area contributed by atoms with Crippen LogP contribution in [0.1, 0.15) is 24.8 Å². The van der Waals surface area contributed by atoms with E-state index in [4.69, 9.17) is 16.3 Å². The maximum atomic E-state index is 13.1. The van der Waals surface area contributed by atoms with Crippen LogP contribution in [-0.4, -0.2) is 45.5 Å². The SMILES string of the molecule is COc1ccc(S(=O)(=O)NC(Cc2ccccc2)C(=O)N2CCCCC2)cc1Cl. The second kappa shape index (κ2) is 9.61. The Hall–Kier alpha value is -2.09. The highest BCUT2D eigenvalue weighted by atomic mass is 35.5. The Bertz CT molecular complexity index is 944. The molecule has 156 valence electrons. The Labute approximate surface area is 176 Å². The maximum Gasteiger partial charge on any atom is 0.241 e. The number of nitrogens with one attached hydrogen (secondary N) is 1. The molecule has 1 amide bonds. The van der Waals surface area contributed by atoms with Crippen LogP contribution in [0.15, 0.2) is 53.4 Å². The number of hydrogen-bond donors (Lipinski definition) is 1. The standard InChI is InChI=1S/C21H25ClN2O4S/c1-28-20-11-10-17(15-18(20)22)29(26,27)23-19(14-16-8-4-2-5-9-16)21(25)24-12-6-3-7-13-24/h2,4-5,8-11,15,19,23H,3,6-7,12-14H2,1H3. The van der Waals surface area contributed by atoms with Crippen LogP contribution in [0, 0.1) is 0 Å². The van der Waals surface area contributed by atoms with E-state index in [1.807, 2.05) is 30.3 Å². The summed E-state index contributed by atoms with van der Waals surface area (Å²) in [7, 11) is -2.49. The zero-order valence-electron chi connectivity index (χ0n) is 16.3. The number of methoxy groups -OCH3 is 1. The average molecular weight is 437 g/mol. The van der Waals surface area contributed by atoms with Crippen LogP contribution in [0.25, 0.3) is 0 Å². The smallest absolute Gasteiger partial charge is 0.241 e. The van der Waals surface area contributed by atoms with Crippen molar-refractivity contribution in [2.24, 2.45) is 0 Å². The molecule has 8 heteroatoms. The summed E-state index contributed by atoms with van der Waals surface area (Å²) in [6.07, 6.45) is 3.23. The van der Waals surface area contributed by atoms with Crippen molar-refractivity contribution in [3.05, 3.63) is 59.1 Å². The summed E-state index contributed by atoms with van der Waals surface area (Å²) in [4.78, 5) is 14.9. The van der Waals surface area contributed by atoms with Crippen LogP contribution < -0.4 is 9.46 Å². The van der Waals surface area contributed by atoms with E-state index in [1.165, 1.54) is 25.3 Å². The molecular formula is C21H25ClN2O4S. The Kier molecular flexibility index (Phi) is 7.16. The van der Waals surface area contributed by atoms with Gasteiger partial charge >= 0.3 is 0 Å². The third kappa shape index (κ3) is 5.50. The van der Waals surface area contributed by atoms with Gasteiger partial charge in [-0.15, -0.1) is 0 Å². The topological polar surface area (TPSA) is 75.7 Å². The molecule has 2 aromatic carbocycles. The summed E-state index contributed by atoms with van der Waals surface area (Å²) >= 11 is 6.09. The summed E-state index contributed by atoms with van der Waals surface area (Å²) in [5.74, 6) is 0.188. The fourth-order valence-electron chi connectivity index (χ4n) is 3.43.